The zero-order chi connectivity index (χ0) is 17.2. The van der Waals surface area contributed by atoms with E-state index in [1.54, 1.807) is 0 Å². The van der Waals surface area contributed by atoms with Crippen LogP contribution in [0.15, 0.2) is 0 Å². The van der Waals surface area contributed by atoms with Gasteiger partial charge < -0.3 is 4.74 Å². The van der Waals surface area contributed by atoms with E-state index in [-0.39, 0.29) is 22.9 Å². The molecule has 2 nitrogen and oxygen atoms in total. The molecule has 1 fully saturated rings. The van der Waals surface area contributed by atoms with E-state index in [0.717, 1.165) is 31.6 Å². The molecular weight excluding hydrogens is 272 g/mol. The number of hydrogen-bond donors (Lipinski definition) is 0. The molecule has 0 N–H and O–H groups in total. The molecular formula is C20H38O2. The molecule has 1 rings (SSSR count). The Balaban J connectivity index is 2.58. The Bertz CT molecular complexity index is 364. The second-order valence-electron chi connectivity index (χ2n) is 9.90. The SMILES string of the molecule is CCC(C)(CC(C)(C)C)C(=O)OC1CCC(C(C)(C)C)CC1. The minimum absolute atomic E-state index is 0.0177. The van der Waals surface area contributed by atoms with Gasteiger partial charge in [0.2, 0.25) is 0 Å². The molecule has 0 spiro atoms. The van der Waals surface area contributed by atoms with Crippen molar-refractivity contribution in [1.82, 2.24) is 0 Å². The molecule has 0 aromatic carbocycles. The van der Waals surface area contributed by atoms with E-state index in [0.29, 0.717) is 5.41 Å². The van der Waals surface area contributed by atoms with Crippen molar-refractivity contribution in [3.8, 4) is 0 Å². The van der Waals surface area contributed by atoms with Crippen molar-refractivity contribution >= 4 is 5.97 Å². The van der Waals surface area contributed by atoms with E-state index in [1.165, 1.54) is 12.8 Å². The molecule has 1 atom stereocenters. The van der Waals surface area contributed by atoms with Gasteiger partial charge in [-0.25, -0.2) is 0 Å². The summed E-state index contributed by atoms with van der Waals surface area (Å²) in [7, 11) is 0. The fourth-order valence-electron chi connectivity index (χ4n) is 3.85. The van der Waals surface area contributed by atoms with Crippen molar-refractivity contribution < 1.29 is 9.53 Å². The van der Waals surface area contributed by atoms with Crippen LogP contribution in [-0.4, -0.2) is 12.1 Å². The Morgan fingerprint density at radius 2 is 1.45 bits per heavy atom. The number of carbonyl (C=O) groups excluding carboxylic acids is 1. The van der Waals surface area contributed by atoms with Gasteiger partial charge in [0.15, 0.2) is 0 Å². The maximum absolute atomic E-state index is 12.7. The van der Waals surface area contributed by atoms with E-state index in [4.69, 9.17) is 4.74 Å². The molecule has 0 amide bonds. The lowest BCUT2D eigenvalue weighted by Gasteiger charge is -2.38. The van der Waals surface area contributed by atoms with Crippen LogP contribution in [-0.2, 0) is 9.53 Å². The number of rotatable bonds is 4. The fourth-order valence-corrected chi connectivity index (χ4v) is 3.85. The zero-order valence-corrected chi connectivity index (χ0v) is 16.2. The summed E-state index contributed by atoms with van der Waals surface area (Å²) in [5, 5.41) is 0. The van der Waals surface area contributed by atoms with Gasteiger partial charge in [-0.3, -0.25) is 4.79 Å². The number of ether oxygens (including phenoxy) is 1. The maximum Gasteiger partial charge on any atom is 0.312 e. The highest BCUT2D eigenvalue weighted by molar-refractivity contribution is 5.76. The first-order chi connectivity index (χ1) is 9.87. The molecule has 0 aromatic heterocycles. The second-order valence-corrected chi connectivity index (χ2v) is 9.90. The summed E-state index contributed by atoms with van der Waals surface area (Å²) in [5.74, 6) is 0.777. The normalized spacial score (nSPS) is 26.4. The Morgan fingerprint density at radius 1 is 0.955 bits per heavy atom. The van der Waals surface area contributed by atoms with Crippen molar-refractivity contribution in [3.63, 3.8) is 0 Å². The van der Waals surface area contributed by atoms with Crippen molar-refractivity contribution in [2.24, 2.45) is 22.2 Å². The van der Waals surface area contributed by atoms with Crippen LogP contribution in [0, 0.1) is 22.2 Å². The average molecular weight is 311 g/mol. The molecule has 22 heavy (non-hydrogen) atoms. The van der Waals surface area contributed by atoms with Gasteiger partial charge in [-0.15, -0.1) is 0 Å². The van der Waals surface area contributed by atoms with Gasteiger partial charge in [0.25, 0.3) is 0 Å². The first kappa shape index (κ1) is 19.5. The third-order valence-corrected chi connectivity index (χ3v) is 5.37. The van der Waals surface area contributed by atoms with E-state index >= 15 is 0 Å². The highest BCUT2D eigenvalue weighted by Crippen LogP contribution is 2.41. The molecule has 1 saturated carbocycles. The standard InChI is InChI=1S/C20H38O2/c1-9-20(8,14-18(2,3)4)17(21)22-16-12-10-15(11-13-16)19(5,6)7/h15-16H,9-14H2,1-8H3. The lowest BCUT2D eigenvalue weighted by Crippen LogP contribution is -2.37. The first-order valence-corrected chi connectivity index (χ1v) is 9.08. The zero-order valence-electron chi connectivity index (χ0n) is 16.2. The molecule has 130 valence electrons. The van der Waals surface area contributed by atoms with Crippen LogP contribution >= 0.6 is 0 Å². The summed E-state index contributed by atoms with van der Waals surface area (Å²) < 4.78 is 5.92. The molecule has 0 aromatic rings. The highest BCUT2D eigenvalue weighted by Gasteiger charge is 2.39. The van der Waals surface area contributed by atoms with Gasteiger partial charge in [-0.05, 0) is 62.2 Å². The summed E-state index contributed by atoms with van der Waals surface area (Å²) >= 11 is 0. The molecule has 0 aliphatic heterocycles. The van der Waals surface area contributed by atoms with E-state index in [9.17, 15) is 4.79 Å². The van der Waals surface area contributed by atoms with Crippen molar-refractivity contribution in [1.29, 1.82) is 0 Å². The van der Waals surface area contributed by atoms with Gasteiger partial charge >= 0.3 is 5.97 Å². The molecule has 0 saturated heterocycles. The molecule has 0 heterocycles. The van der Waals surface area contributed by atoms with Crippen molar-refractivity contribution in [2.75, 3.05) is 0 Å². The maximum atomic E-state index is 12.7. The minimum Gasteiger partial charge on any atom is -0.462 e. The Hall–Kier alpha value is -0.530. The Morgan fingerprint density at radius 3 is 1.82 bits per heavy atom. The van der Waals surface area contributed by atoms with Crippen molar-refractivity contribution in [3.05, 3.63) is 0 Å². The Kier molecular flexibility index (Phi) is 6.14. The summed E-state index contributed by atoms with van der Waals surface area (Å²) in [5.41, 5.74) is 0.173. The third-order valence-electron chi connectivity index (χ3n) is 5.37. The molecule has 1 aliphatic carbocycles. The number of hydrogen-bond acceptors (Lipinski definition) is 2. The van der Waals surface area contributed by atoms with Gasteiger partial charge in [0, 0.05) is 0 Å². The lowest BCUT2D eigenvalue weighted by molar-refractivity contribution is -0.165. The highest BCUT2D eigenvalue weighted by atomic mass is 16.5. The average Bonchev–Trinajstić information content (AvgIpc) is 2.36. The van der Waals surface area contributed by atoms with Crippen LogP contribution in [0.3, 0.4) is 0 Å². The van der Waals surface area contributed by atoms with Crippen LogP contribution in [0.25, 0.3) is 0 Å². The molecule has 2 heteroatoms. The third kappa shape index (κ3) is 5.59. The summed E-state index contributed by atoms with van der Waals surface area (Å²) in [6, 6.07) is 0. The predicted molar refractivity (Wildman–Crippen MR) is 93.8 cm³/mol. The topological polar surface area (TPSA) is 26.3 Å². The molecule has 1 unspecified atom stereocenters. The molecule has 0 bridgehead atoms. The first-order valence-electron chi connectivity index (χ1n) is 9.08. The van der Waals surface area contributed by atoms with Gasteiger partial charge in [-0.1, -0.05) is 48.5 Å². The summed E-state index contributed by atoms with van der Waals surface area (Å²) in [4.78, 5) is 12.7. The summed E-state index contributed by atoms with van der Waals surface area (Å²) in [6.07, 6.45) is 6.29. The summed E-state index contributed by atoms with van der Waals surface area (Å²) in [6.45, 7) is 17.7. The minimum atomic E-state index is -0.348. The molecule has 1 aliphatic rings. The Labute approximate surface area is 138 Å². The van der Waals surface area contributed by atoms with Gasteiger partial charge in [0.1, 0.15) is 6.10 Å². The quantitative estimate of drug-likeness (QED) is 0.596. The fraction of sp³-hybridized carbons (Fsp3) is 0.950. The van der Waals surface area contributed by atoms with Gasteiger partial charge in [-0.2, -0.15) is 0 Å². The smallest absolute Gasteiger partial charge is 0.312 e. The molecule has 0 radical (unpaired) electrons. The number of carbonyl (C=O) groups is 1. The van der Waals surface area contributed by atoms with Gasteiger partial charge in [0.05, 0.1) is 5.41 Å². The van der Waals surface area contributed by atoms with Crippen LogP contribution in [0.1, 0.15) is 93.9 Å². The van der Waals surface area contributed by atoms with Crippen LogP contribution < -0.4 is 0 Å². The van der Waals surface area contributed by atoms with Crippen LogP contribution in [0.2, 0.25) is 0 Å². The van der Waals surface area contributed by atoms with E-state index < -0.39 is 0 Å². The number of esters is 1. The monoisotopic (exact) mass is 310 g/mol. The predicted octanol–water partition coefficient (Wildman–Crippen LogP) is 5.99. The van der Waals surface area contributed by atoms with Crippen LogP contribution in [0.5, 0.6) is 0 Å². The van der Waals surface area contributed by atoms with E-state index in [2.05, 4.69) is 55.4 Å². The van der Waals surface area contributed by atoms with E-state index in [1.807, 2.05) is 0 Å². The van der Waals surface area contributed by atoms with Crippen LogP contribution in [0.4, 0.5) is 0 Å². The lowest BCUT2D eigenvalue weighted by atomic mass is 9.71. The van der Waals surface area contributed by atoms with Crippen molar-refractivity contribution in [2.45, 2.75) is 100 Å². The largest absolute Gasteiger partial charge is 0.462 e. The second kappa shape index (κ2) is 6.93.